The fourth-order valence-corrected chi connectivity index (χ4v) is 1.61. The molecule has 96 valence electrons. The molecular formula is C12H16F3NO. The second kappa shape index (κ2) is 6.02. The van der Waals surface area contributed by atoms with E-state index in [0.29, 0.717) is 18.5 Å². The van der Waals surface area contributed by atoms with E-state index in [1.54, 1.807) is 6.07 Å². The van der Waals surface area contributed by atoms with E-state index in [9.17, 15) is 13.2 Å². The molecule has 0 spiro atoms. The van der Waals surface area contributed by atoms with E-state index in [1.807, 2.05) is 6.92 Å². The molecule has 0 aromatic heterocycles. The number of alkyl halides is 3. The van der Waals surface area contributed by atoms with E-state index < -0.39 is 11.7 Å². The molecule has 1 rings (SSSR count). The Balaban J connectivity index is 2.66. The van der Waals surface area contributed by atoms with Crippen molar-refractivity contribution in [3.63, 3.8) is 0 Å². The lowest BCUT2D eigenvalue weighted by Gasteiger charge is -2.14. The number of aliphatic hydroxyl groups is 1. The normalized spacial score (nSPS) is 13.7. The van der Waals surface area contributed by atoms with Gasteiger partial charge < -0.3 is 10.4 Å². The van der Waals surface area contributed by atoms with Gasteiger partial charge in [-0.15, -0.1) is 0 Å². The molecule has 1 atom stereocenters. The molecule has 0 fully saturated rings. The minimum absolute atomic E-state index is 0.0208. The van der Waals surface area contributed by atoms with Crippen molar-refractivity contribution < 1.29 is 18.3 Å². The van der Waals surface area contributed by atoms with Gasteiger partial charge in [-0.3, -0.25) is 0 Å². The maximum atomic E-state index is 12.5. The Hall–Kier alpha value is -1.07. The summed E-state index contributed by atoms with van der Waals surface area (Å²) in [6.45, 7) is 2.34. The summed E-state index contributed by atoms with van der Waals surface area (Å²) < 4.78 is 37.4. The lowest BCUT2D eigenvalue weighted by Crippen LogP contribution is -2.30. The molecule has 0 heterocycles. The smallest absolute Gasteiger partial charge is 0.395 e. The zero-order chi connectivity index (χ0) is 12.9. The van der Waals surface area contributed by atoms with Crippen molar-refractivity contribution in [3.05, 3.63) is 35.4 Å². The van der Waals surface area contributed by atoms with Gasteiger partial charge in [0, 0.05) is 12.6 Å². The summed E-state index contributed by atoms with van der Waals surface area (Å²) in [6, 6.07) is 5.35. The third-order valence-electron chi connectivity index (χ3n) is 2.40. The van der Waals surface area contributed by atoms with Gasteiger partial charge in [0.15, 0.2) is 0 Å². The summed E-state index contributed by atoms with van der Waals surface area (Å²) in [5.74, 6) is 0. The minimum Gasteiger partial charge on any atom is -0.395 e. The molecule has 0 aliphatic rings. The molecule has 0 saturated carbocycles. The zero-order valence-corrected chi connectivity index (χ0v) is 9.59. The largest absolute Gasteiger partial charge is 0.416 e. The Labute approximate surface area is 98.5 Å². The predicted octanol–water partition coefficient (Wildman–Crippen LogP) is 2.22. The highest BCUT2D eigenvalue weighted by molar-refractivity contribution is 5.26. The van der Waals surface area contributed by atoms with Crippen LogP contribution in [-0.2, 0) is 12.6 Å². The summed E-state index contributed by atoms with van der Waals surface area (Å²) in [5.41, 5.74) is 0.0159. The molecule has 0 amide bonds. The van der Waals surface area contributed by atoms with Gasteiger partial charge in [-0.1, -0.05) is 18.2 Å². The van der Waals surface area contributed by atoms with E-state index in [2.05, 4.69) is 5.32 Å². The Morgan fingerprint density at radius 1 is 1.35 bits per heavy atom. The zero-order valence-electron chi connectivity index (χ0n) is 9.59. The molecule has 17 heavy (non-hydrogen) atoms. The number of hydrogen-bond donors (Lipinski definition) is 2. The molecule has 0 aliphatic heterocycles. The Morgan fingerprint density at radius 3 is 2.65 bits per heavy atom. The van der Waals surface area contributed by atoms with Gasteiger partial charge in [0.1, 0.15) is 0 Å². The number of hydrogen-bond acceptors (Lipinski definition) is 2. The summed E-state index contributed by atoms with van der Waals surface area (Å²) in [5, 5.41) is 11.6. The second-order valence-corrected chi connectivity index (χ2v) is 3.98. The number of halogens is 3. The maximum absolute atomic E-state index is 12.5. The number of rotatable bonds is 5. The summed E-state index contributed by atoms with van der Waals surface area (Å²) >= 11 is 0. The van der Waals surface area contributed by atoms with Crippen LogP contribution >= 0.6 is 0 Å². The SMILES string of the molecule is CC(Cc1cccc(C(F)(F)F)c1)NCCO. The van der Waals surface area contributed by atoms with Gasteiger partial charge in [-0.25, -0.2) is 0 Å². The van der Waals surface area contributed by atoms with Crippen LogP contribution in [0, 0.1) is 0 Å². The van der Waals surface area contributed by atoms with Crippen LogP contribution in [-0.4, -0.2) is 24.3 Å². The van der Waals surface area contributed by atoms with Crippen molar-refractivity contribution in [3.8, 4) is 0 Å². The van der Waals surface area contributed by atoms with E-state index in [4.69, 9.17) is 5.11 Å². The van der Waals surface area contributed by atoms with Crippen molar-refractivity contribution in [1.29, 1.82) is 0 Å². The molecule has 2 nitrogen and oxygen atoms in total. The van der Waals surface area contributed by atoms with Crippen LogP contribution in [0.15, 0.2) is 24.3 Å². The number of benzene rings is 1. The molecule has 0 saturated heterocycles. The van der Waals surface area contributed by atoms with E-state index in [-0.39, 0.29) is 12.6 Å². The highest BCUT2D eigenvalue weighted by atomic mass is 19.4. The molecule has 0 bridgehead atoms. The van der Waals surface area contributed by atoms with Crippen LogP contribution in [0.25, 0.3) is 0 Å². The Morgan fingerprint density at radius 2 is 2.06 bits per heavy atom. The predicted molar refractivity (Wildman–Crippen MR) is 59.7 cm³/mol. The Kier molecular flexibility index (Phi) is 4.96. The van der Waals surface area contributed by atoms with Gasteiger partial charge >= 0.3 is 6.18 Å². The monoisotopic (exact) mass is 247 g/mol. The number of nitrogens with one attached hydrogen (secondary N) is 1. The van der Waals surface area contributed by atoms with Crippen molar-refractivity contribution in [1.82, 2.24) is 5.32 Å². The molecule has 0 aliphatic carbocycles. The van der Waals surface area contributed by atoms with Gasteiger partial charge in [0.25, 0.3) is 0 Å². The van der Waals surface area contributed by atoms with Crippen LogP contribution < -0.4 is 5.32 Å². The fraction of sp³-hybridized carbons (Fsp3) is 0.500. The lowest BCUT2D eigenvalue weighted by atomic mass is 10.0. The quantitative estimate of drug-likeness (QED) is 0.836. The average Bonchev–Trinajstić information content (AvgIpc) is 2.25. The first-order valence-electron chi connectivity index (χ1n) is 5.44. The molecule has 0 radical (unpaired) electrons. The van der Waals surface area contributed by atoms with Gasteiger partial charge in [-0.05, 0) is 25.0 Å². The van der Waals surface area contributed by atoms with Crippen molar-refractivity contribution in [2.75, 3.05) is 13.2 Å². The third kappa shape index (κ3) is 4.75. The van der Waals surface area contributed by atoms with E-state index >= 15 is 0 Å². The van der Waals surface area contributed by atoms with Crippen molar-refractivity contribution in [2.45, 2.75) is 25.6 Å². The van der Waals surface area contributed by atoms with Gasteiger partial charge in [-0.2, -0.15) is 13.2 Å². The average molecular weight is 247 g/mol. The minimum atomic E-state index is -4.29. The van der Waals surface area contributed by atoms with Crippen LogP contribution in [0.2, 0.25) is 0 Å². The molecule has 1 aromatic carbocycles. The van der Waals surface area contributed by atoms with Gasteiger partial charge in [0.05, 0.1) is 12.2 Å². The first kappa shape index (κ1) is 14.0. The fourth-order valence-electron chi connectivity index (χ4n) is 1.61. The Bertz CT molecular complexity index is 352. The molecule has 5 heteroatoms. The van der Waals surface area contributed by atoms with Crippen LogP contribution in [0.5, 0.6) is 0 Å². The first-order valence-corrected chi connectivity index (χ1v) is 5.44. The summed E-state index contributed by atoms with van der Waals surface area (Å²) in [4.78, 5) is 0. The maximum Gasteiger partial charge on any atom is 0.416 e. The van der Waals surface area contributed by atoms with Crippen LogP contribution in [0.3, 0.4) is 0 Å². The standard InChI is InChI=1S/C12H16F3NO/c1-9(16-5-6-17)7-10-3-2-4-11(8-10)12(13,14)15/h2-4,8-9,16-17H,5-7H2,1H3. The summed E-state index contributed by atoms with van der Waals surface area (Å²) in [7, 11) is 0. The van der Waals surface area contributed by atoms with E-state index in [1.165, 1.54) is 6.07 Å². The van der Waals surface area contributed by atoms with Crippen LogP contribution in [0.4, 0.5) is 13.2 Å². The third-order valence-corrected chi connectivity index (χ3v) is 2.40. The first-order chi connectivity index (χ1) is 7.93. The van der Waals surface area contributed by atoms with E-state index in [0.717, 1.165) is 12.1 Å². The van der Waals surface area contributed by atoms with Crippen molar-refractivity contribution in [2.24, 2.45) is 0 Å². The lowest BCUT2D eigenvalue weighted by molar-refractivity contribution is -0.137. The molecular weight excluding hydrogens is 231 g/mol. The van der Waals surface area contributed by atoms with Gasteiger partial charge in [0.2, 0.25) is 0 Å². The highest BCUT2D eigenvalue weighted by Crippen LogP contribution is 2.29. The van der Waals surface area contributed by atoms with Crippen molar-refractivity contribution >= 4 is 0 Å². The van der Waals surface area contributed by atoms with Crippen LogP contribution in [0.1, 0.15) is 18.1 Å². The summed E-state index contributed by atoms with van der Waals surface area (Å²) in [6.07, 6.45) is -3.79. The molecule has 1 unspecified atom stereocenters. The molecule has 2 N–H and O–H groups in total. The number of aliphatic hydroxyl groups excluding tert-OH is 1. The second-order valence-electron chi connectivity index (χ2n) is 3.98. The molecule has 1 aromatic rings. The highest BCUT2D eigenvalue weighted by Gasteiger charge is 2.30. The topological polar surface area (TPSA) is 32.3 Å².